The normalized spacial score (nSPS) is 10.4. The molecule has 2 aromatic carbocycles. The molecular formula is C18H15ClN2O2S. The lowest BCUT2D eigenvalue weighted by molar-refractivity contribution is 0.0947. The Hall–Kier alpha value is -2.50. The molecule has 24 heavy (non-hydrogen) atoms. The van der Waals surface area contributed by atoms with Crippen LogP contribution in [0.15, 0.2) is 55.1 Å². The van der Waals surface area contributed by atoms with Crippen molar-refractivity contribution >= 4 is 44.6 Å². The van der Waals surface area contributed by atoms with Crippen LogP contribution < -0.4 is 15.6 Å². The Morgan fingerprint density at radius 3 is 2.50 bits per heavy atom. The molecule has 0 radical (unpaired) electrons. The van der Waals surface area contributed by atoms with E-state index in [4.69, 9.17) is 16.3 Å². The van der Waals surface area contributed by atoms with Crippen molar-refractivity contribution in [2.75, 3.05) is 7.11 Å². The number of benzene rings is 2. The van der Waals surface area contributed by atoms with Gasteiger partial charge in [-0.15, -0.1) is 11.3 Å². The zero-order chi connectivity index (χ0) is 17.1. The number of thiophene rings is 1. The smallest absolute Gasteiger partial charge is 0.281 e. The van der Waals surface area contributed by atoms with E-state index >= 15 is 0 Å². The topological polar surface area (TPSA) is 50.4 Å². The molecule has 0 saturated heterocycles. The molecule has 0 aliphatic heterocycles. The molecule has 1 heterocycles. The van der Waals surface area contributed by atoms with Gasteiger partial charge in [-0.3, -0.25) is 15.6 Å². The van der Waals surface area contributed by atoms with E-state index in [1.807, 2.05) is 48.5 Å². The Labute approximate surface area is 148 Å². The molecule has 3 aromatic rings. The van der Waals surface area contributed by atoms with Crippen LogP contribution in [-0.4, -0.2) is 13.0 Å². The minimum absolute atomic E-state index is 0.295. The number of fused-ring (bicyclic) bond motifs is 1. The van der Waals surface area contributed by atoms with Gasteiger partial charge in [0.1, 0.15) is 10.6 Å². The Balaban J connectivity index is 1.69. The van der Waals surface area contributed by atoms with Gasteiger partial charge in [0, 0.05) is 10.1 Å². The van der Waals surface area contributed by atoms with Gasteiger partial charge in [0.2, 0.25) is 0 Å². The average molecular weight is 359 g/mol. The Morgan fingerprint density at radius 1 is 1.12 bits per heavy atom. The highest BCUT2D eigenvalue weighted by molar-refractivity contribution is 7.21. The van der Waals surface area contributed by atoms with Gasteiger partial charge in [0.05, 0.1) is 17.8 Å². The van der Waals surface area contributed by atoms with E-state index in [0.29, 0.717) is 15.6 Å². The minimum Gasteiger partial charge on any atom is -0.497 e. The molecule has 2 N–H and O–H groups in total. The molecule has 0 aliphatic carbocycles. The quantitative estimate of drug-likeness (QED) is 0.662. The Morgan fingerprint density at radius 2 is 1.83 bits per heavy atom. The summed E-state index contributed by atoms with van der Waals surface area (Å²) in [4.78, 5) is 12.8. The Bertz CT molecular complexity index is 903. The SMILES string of the molecule is C=C(NNC(=O)c1sc2ccccc2c1Cl)c1ccc(OC)cc1. The second-order valence-corrected chi connectivity index (χ2v) is 6.46. The number of carbonyl (C=O) groups excluding carboxylic acids is 1. The number of hydrogen-bond donors (Lipinski definition) is 2. The summed E-state index contributed by atoms with van der Waals surface area (Å²) in [6.07, 6.45) is 0. The number of carbonyl (C=O) groups is 1. The second-order valence-electron chi connectivity index (χ2n) is 5.03. The van der Waals surface area contributed by atoms with Gasteiger partial charge in [-0.1, -0.05) is 36.4 Å². The summed E-state index contributed by atoms with van der Waals surface area (Å²) in [5, 5.41) is 1.34. The molecule has 4 nitrogen and oxygen atoms in total. The van der Waals surface area contributed by atoms with Crippen LogP contribution in [0.4, 0.5) is 0 Å². The molecule has 0 atom stereocenters. The first-order valence-corrected chi connectivity index (χ1v) is 8.36. The van der Waals surface area contributed by atoms with Crippen LogP contribution in [0, 0.1) is 0 Å². The summed E-state index contributed by atoms with van der Waals surface area (Å²) in [7, 11) is 1.61. The molecular weight excluding hydrogens is 344 g/mol. The number of amides is 1. The number of halogens is 1. The van der Waals surface area contributed by atoms with Gasteiger partial charge in [0.25, 0.3) is 5.91 Å². The average Bonchev–Trinajstić information content (AvgIpc) is 2.96. The number of nitrogens with one attached hydrogen (secondary N) is 2. The van der Waals surface area contributed by atoms with E-state index in [2.05, 4.69) is 17.4 Å². The highest BCUT2D eigenvalue weighted by atomic mass is 35.5. The summed E-state index contributed by atoms with van der Waals surface area (Å²) in [6.45, 7) is 3.92. The maximum absolute atomic E-state index is 12.4. The van der Waals surface area contributed by atoms with Crippen LogP contribution in [0.2, 0.25) is 5.02 Å². The second kappa shape index (κ2) is 6.95. The fourth-order valence-electron chi connectivity index (χ4n) is 2.21. The number of methoxy groups -OCH3 is 1. The van der Waals surface area contributed by atoms with Gasteiger partial charge in [-0.05, 0) is 35.9 Å². The molecule has 3 rings (SSSR count). The van der Waals surface area contributed by atoms with Crippen LogP contribution >= 0.6 is 22.9 Å². The van der Waals surface area contributed by atoms with Crippen LogP contribution in [-0.2, 0) is 0 Å². The monoisotopic (exact) mass is 358 g/mol. The van der Waals surface area contributed by atoms with Gasteiger partial charge >= 0.3 is 0 Å². The first kappa shape index (κ1) is 16.4. The van der Waals surface area contributed by atoms with Gasteiger partial charge < -0.3 is 4.74 Å². The predicted octanol–water partition coefficient (Wildman–Crippen LogP) is 4.47. The first-order chi connectivity index (χ1) is 11.6. The predicted molar refractivity (Wildman–Crippen MR) is 99.5 cm³/mol. The van der Waals surface area contributed by atoms with Crippen LogP contribution in [0.3, 0.4) is 0 Å². The highest BCUT2D eigenvalue weighted by Crippen LogP contribution is 2.34. The molecule has 6 heteroatoms. The summed E-state index contributed by atoms with van der Waals surface area (Å²) in [5.41, 5.74) is 6.87. The van der Waals surface area contributed by atoms with E-state index < -0.39 is 0 Å². The van der Waals surface area contributed by atoms with Crippen molar-refractivity contribution in [3.8, 4) is 5.75 Å². The van der Waals surface area contributed by atoms with Crippen molar-refractivity contribution in [3.63, 3.8) is 0 Å². The standard InChI is InChI=1S/C18H15ClN2O2S/c1-11(12-7-9-13(23-2)10-8-12)20-21-18(22)17-16(19)14-5-3-4-6-15(14)24-17/h3-10,20H,1H2,2H3,(H,21,22). The van der Waals surface area contributed by atoms with Crippen molar-refractivity contribution in [3.05, 3.63) is 70.6 Å². The summed E-state index contributed by atoms with van der Waals surface area (Å²) >= 11 is 7.66. The summed E-state index contributed by atoms with van der Waals surface area (Å²) in [6, 6.07) is 15.0. The largest absolute Gasteiger partial charge is 0.497 e. The molecule has 0 saturated carbocycles. The lowest BCUT2D eigenvalue weighted by atomic mass is 10.2. The number of hydrazine groups is 1. The van der Waals surface area contributed by atoms with Crippen molar-refractivity contribution in [1.82, 2.24) is 10.9 Å². The molecule has 1 amide bonds. The third kappa shape index (κ3) is 3.22. The number of rotatable bonds is 5. The number of ether oxygens (including phenoxy) is 1. The van der Waals surface area contributed by atoms with Crippen molar-refractivity contribution in [2.45, 2.75) is 0 Å². The molecule has 0 aliphatic rings. The summed E-state index contributed by atoms with van der Waals surface area (Å²) in [5.74, 6) is 0.462. The van der Waals surface area contributed by atoms with E-state index in [1.165, 1.54) is 11.3 Å². The van der Waals surface area contributed by atoms with Crippen LogP contribution in [0.25, 0.3) is 15.8 Å². The first-order valence-electron chi connectivity index (χ1n) is 7.17. The third-order valence-electron chi connectivity index (χ3n) is 3.51. The van der Waals surface area contributed by atoms with E-state index in [0.717, 1.165) is 21.4 Å². The van der Waals surface area contributed by atoms with E-state index in [9.17, 15) is 4.79 Å². The number of hydrogen-bond acceptors (Lipinski definition) is 4. The Kier molecular flexibility index (Phi) is 4.74. The fourth-order valence-corrected chi connectivity index (χ4v) is 3.63. The zero-order valence-electron chi connectivity index (χ0n) is 12.9. The lowest BCUT2D eigenvalue weighted by Gasteiger charge is -2.11. The maximum Gasteiger partial charge on any atom is 0.281 e. The molecule has 122 valence electrons. The van der Waals surface area contributed by atoms with Gasteiger partial charge in [-0.2, -0.15) is 0 Å². The highest BCUT2D eigenvalue weighted by Gasteiger charge is 2.16. The lowest BCUT2D eigenvalue weighted by Crippen LogP contribution is -2.35. The molecule has 0 fully saturated rings. The summed E-state index contributed by atoms with van der Waals surface area (Å²) < 4.78 is 6.09. The van der Waals surface area contributed by atoms with Gasteiger partial charge in [-0.25, -0.2) is 0 Å². The van der Waals surface area contributed by atoms with Crippen molar-refractivity contribution in [1.29, 1.82) is 0 Å². The fraction of sp³-hybridized carbons (Fsp3) is 0.0556. The molecule has 1 aromatic heterocycles. The zero-order valence-corrected chi connectivity index (χ0v) is 14.5. The minimum atomic E-state index is -0.295. The third-order valence-corrected chi connectivity index (χ3v) is 5.18. The van der Waals surface area contributed by atoms with Crippen LogP contribution in [0.5, 0.6) is 5.75 Å². The van der Waals surface area contributed by atoms with E-state index in [1.54, 1.807) is 7.11 Å². The van der Waals surface area contributed by atoms with Crippen LogP contribution in [0.1, 0.15) is 15.2 Å². The van der Waals surface area contributed by atoms with E-state index in [-0.39, 0.29) is 5.91 Å². The van der Waals surface area contributed by atoms with Crippen molar-refractivity contribution < 1.29 is 9.53 Å². The molecule has 0 unspecified atom stereocenters. The van der Waals surface area contributed by atoms with Crippen molar-refractivity contribution in [2.24, 2.45) is 0 Å². The maximum atomic E-state index is 12.4. The molecule has 0 spiro atoms. The van der Waals surface area contributed by atoms with Gasteiger partial charge in [0.15, 0.2) is 0 Å². The molecule has 0 bridgehead atoms.